The van der Waals surface area contributed by atoms with Gasteiger partial charge in [0.1, 0.15) is 35.7 Å². The summed E-state index contributed by atoms with van der Waals surface area (Å²) in [6.07, 6.45) is 15.9. The minimum absolute atomic E-state index is 0.0356. The average molecular weight is 973 g/mol. The number of carbonyl (C=O) groups excluding carboxylic acids is 6. The number of fused-ring (bicyclic) bond motifs is 6. The third-order valence-corrected chi connectivity index (χ3v) is 18.0. The molecule has 0 radical (unpaired) electrons. The number of nitrogens with zero attached hydrogens (tertiary/aromatic N) is 3. The Morgan fingerprint density at radius 2 is 0.625 bits per heavy atom. The second-order valence-electron chi connectivity index (χ2n) is 22.1. The normalized spacial score (nSPS) is 34.5. The highest BCUT2D eigenvalue weighted by atomic mass is 16.6. The summed E-state index contributed by atoms with van der Waals surface area (Å²) in [5, 5.41) is 2.73. The van der Waals surface area contributed by atoms with Gasteiger partial charge >= 0.3 is 17.9 Å². The van der Waals surface area contributed by atoms with E-state index >= 15 is 0 Å². The largest absolute Gasteiger partial charge is 0.459 e. The molecule has 0 aliphatic carbocycles. The van der Waals surface area contributed by atoms with E-state index in [9.17, 15) is 28.8 Å². The van der Waals surface area contributed by atoms with E-state index in [4.69, 9.17) is 14.2 Å². The number of H-pyrrole nitrogens is 3. The van der Waals surface area contributed by atoms with Gasteiger partial charge in [-0.25, -0.2) is 14.4 Å². The number of piperidine rings is 12. The van der Waals surface area contributed by atoms with Crippen molar-refractivity contribution in [1.29, 1.82) is 0 Å². The van der Waals surface area contributed by atoms with Crippen LogP contribution in [0.2, 0.25) is 0 Å². The average Bonchev–Trinajstić information content (AvgIpc) is 4.12. The number of ether oxygens (including phenoxy) is 3. The van der Waals surface area contributed by atoms with Gasteiger partial charge in [-0.2, -0.15) is 0 Å². The van der Waals surface area contributed by atoms with E-state index in [1.165, 1.54) is 0 Å². The van der Waals surface area contributed by atoms with Crippen LogP contribution in [0.1, 0.15) is 108 Å². The number of ketones is 3. The zero-order valence-corrected chi connectivity index (χ0v) is 40.2. The summed E-state index contributed by atoms with van der Waals surface area (Å²) in [6, 6.07) is 25.7. The highest BCUT2D eigenvalue weighted by Crippen LogP contribution is 2.45. The van der Waals surface area contributed by atoms with Crippen molar-refractivity contribution in [3.05, 3.63) is 108 Å². The third kappa shape index (κ3) is 8.26. The van der Waals surface area contributed by atoms with Crippen LogP contribution in [0.3, 0.4) is 0 Å². The lowest BCUT2D eigenvalue weighted by molar-refractivity contribution is -0.145. The molecule has 15 heteroatoms. The maximum atomic E-state index is 12.6. The maximum Gasteiger partial charge on any atom is 0.340 e. The van der Waals surface area contributed by atoms with Crippen molar-refractivity contribution in [2.24, 2.45) is 17.8 Å². The quantitative estimate of drug-likeness (QED) is 0.110. The van der Waals surface area contributed by atoms with Crippen LogP contribution in [0.5, 0.6) is 0 Å². The fraction of sp³-hybridized carbons (Fsp3) is 0.474. The van der Waals surface area contributed by atoms with Gasteiger partial charge in [0.15, 0.2) is 0 Å². The zero-order valence-electron chi connectivity index (χ0n) is 40.2. The molecule has 0 spiro atoms. The van der Waals surface area contributed by atoms with Crippen molar-refractivity contribution in [1.82, 2.24) is 29.7 Å². The van der Waals surface area contributed by atoms with Crippen LogP contribution in [0.15, 0.2) is 91.4 Å². The summed E-state index contributed by atoms with van der Waals surface area (Å²) in [5.74, 6) is 1.21. The molecule has 15 heterocycles. The number of nitrogens with one attached hydrogen (secondary N) is 3. The van der Waals surface area contributed by atoms with Crippen LogP contribution in [0.4, 0.5) is 0 Å². The standard InChI is InChI=1S/3C19H20N2O3/c3*22-18-10-21-12-5-11(18)6-13(21)8-14(7-12)24-19(23)16-9-20-17-4-2-1-3-15(16)17/h3*1-4,9,11-14,20H,5-8,10H2/t3*11?,12-,13+,14?. The summed E-state index contributed by atoms with van der Waals surface area (Å²) in [5.41, 5.74) is 4.68. The summed E-state index contributed by atoms with van der Waals surface area (Å²) < 4.78 is 17.5. The number of benzene rings is 3. The van der Waals surface area contributed by atoms with Crippen molar-refractivity contribution < 1.29 is 43.0 Å². The highest BCUT2D eigenvalue weighted by Gasteiger charge is 2.52. The van der Waals surface area contributed by atoms with Crippen LogP contribution >= 0.6 is 0 Å². The maximum absolute atomic E-state index is 12.6. The number of Topliss-reactive ketones (excluding diaryl/α,β-unsaturated/α-hetero) is 3. The van der Waals surface area contributed by atoms with Gasteiger partial charge in [0.25, 0.3) is 0 Å². The van der Waals surface area contributed by atoms with Gasteiger partial charge in [0.05, 0.1) is 36.3 Å². The molecule has 15 nitrogen and oxygen atoms in total. The van der Waals surface area contributed by atoms with E-state index in [2.05, 4.69) is 29.7 Å². The van der Waals surface area contributed by atoms with Crippen molar-refractivity contribution in [2.75, 3.05) is 19.6 Å². The fourth-order valence-corrected chi connectivity index (χ4v) is 14.6. The molecule has 3 aromatic carbocycles. The molecule has 6 aromatic rings. The van der Waals surface area contributed by atoms with Crippen LogP contribution in [-0.2, 0) is 28.6 Å². The van der Waals surface area contributed by atoms with Crippen molar-refractivity contribution in [2.45, 2.75) is 132 Å². The number of esters is 3. The predicted octanol–water partition coefficient (Wildman–Crippen LogP) is 7.56. The Kier molecular flexibility index (Phi) is 11.5. The molecule has 9 unspecified atom stereocenters. The highest BCUT2D eigenvalue weighted by molar-refractivity contribution is 6.05. The van der Waals surface area contributed by atoms with Gasteiger partial charge in [-0.3, -0.25) is 29.1 Å². The van der Waals surface area contributed by atoms with Gasteiger partial charge in [-0.1, -0.05) is 54.6 Å². The molecule has 15 atom stereocenters. The van der Waals surface area contributed by atoms with E-state index in [1.54, 1.807) is 18.6 Å². The topological polar surface area (TPSA) is 187 Å². The van der Waals surface area contributed by atoms with Gasteiger partial charge in [-0.05, 0) is 56.7 Å². The Bertz CT molecular complexity index is 2760. The first-order chi connectivity index (χ1) is 35.1. The Balaban J connectivity index is 0.000000105. The van der Waals surface area contributed by atoms with Crippen molar-refractivity contribution in [3.8, 4) is 0 Å². The molecule has 12 saturated heterocycles. The van der Waals surface area contributed by atoms with Crippen molar-refractivity contribution >= 4 is 68.0 Å². The lowest BCUT2D eigenvalue weighted by atomic mass is 9.72. The number of hydrogen-bond acceptors (Lipinski definition) is 12. The molecule has 3 N–H and O–H groups in total. The molecular weight excluding hydrogens is 913 g/mol. The second kappa shape index (κ2) is 18.3. The zero-order chi connectivity index (χ0) is 48.8. The van der Waals surface area contributed by atoms with Gasteiger partial charge in [0.2, 0.25) is 0 Å². The molecule has 72 heavy (non-hydrogen) atoms. The van der Waals surface area contributed by atoms with E-state index in [-0.39, 0.29) is 54.0 Å². The molecule has 12 fully saturated rings. The van der Waals surface area contributed by atoms with E-state index in [0.717, 1.165) is 110 Å². The molecule has 0 amide bonds. The summed E-state index contributed by atoms with van der Waals surface area (Å²) in [4.78, 5) is 89.9. The van der Waals surface area contributed by atoms with Gasteiger partial charge < -0.3 is 29.2 Å². The van der Waals surface area contributed by atoms with E-state index in [0.29, 0.717) is 89.9 Å². The monoisotopic (exact) mass is 972 g/mol. The van der Waals surface area contributed by atoms with Crippen LogP contribution in [-0.4, -0.2) is 139 Å². The molecule has 3 aromatic heterocycles. The number of para-hydroxylation sites is 3. The number of aromatic nitrogens is 3. The SMILES string of the molecule is O=C(OC1C[C@@H]2CC3C[C@H](C1)N2CC3=O)c1c[nH]c2ccccc12.O=C(OC1C[C@@H]2CC3C[C@H](C1)N2CC3=O)c1c[nH]c2ccccc12.O=C(OC1C[C@@H]2CC3C[C@H](C1)N2CC3=O)c1c[nH]c2ccccc12. The third-order valence-electron chi connectivity index (χ3n) is 18.0. The summed E-state index contributed by atoms with van der Waals surface area (Å²) in [6.45, 7) is 1.80. The first-order valence-corrected chi connectivity index (χ1v) is 26.2. The second-order valence-corrected chi connectivity index (χ2v) is 22.1. The molecule has 18 rings (SSSR count). The molecule has 372 valence electrons. The number of rotatable bonds is 6. The molecular formula is C57H60N6O9. The fourth-order valence-electron chi connectivity index (χ4n) is 14.6. The lowest BCUT2D eigenvalue weighted by Gasteiger charge is -2.54. The summed E-state index contributed by atoms with van der Waals surface area (Å²) in [7, 11) is 0. The molecule has 0 saturated carbocycles. The lowest BCUT2D eigenvalue weighted by Crippen LogP contribution is -2.63. The smallest absolute Gasteiger partial charge is 0.340 e. The Morgan fingerprint density at radius 1 is 0.375 bits per heavy atom. The van der Waals surface area contributed by atoms with Crippen molar-refractivity contribution in [3.63, 3.8) is 0 Å². The molecule has 12 aliphatic heterocycles. The van der Waals surface area contributed by atoms with E-state index < -0.39 is 0 Å². The first-order valence-electron chi connectivity index (χ1n) is 26.2. The van der Waals surface area contributed by atoms with Crippen LogP contribution < -0.4 is 0 Å². The van der Waals surface area contributed by atoms with Crippen LogP contribution in [0, 0.1) is 17.8 Å². The minimum atomic E-state index is -0.242. The Hall–Kier alpha value is -6.42. The number of hydrogen-bond donors (Lipinski definition) is 3. The van der Waals surface area contributed by atoms with Gasteiger partial charge in [0, 0.05) is 144 Å². The number of carbonyl (C=O) groups is 6. The Morgan fingerprint density at radius 3 is 0.875 bits per heavy atom. The molecule has 12 bridgehead atoms. The Labute approximate surface area is 416 Å². The minimum Gasteiger partial charge on any atom is -0.459 e. The van der Waals surface area contributed by atoms with Crippen LogP contribution in [0.25, 0.3) is 32.7 Å². The molecule has 12 aliphatic rings. The summed E-state index contributed by atoms with van der Waals surface area (Å²) >= 11 is 0. The van der Waals surface area contributed by atoms with Gasteiger partial charge in [-0.15, -0.1) is 0 Å². The number of aromatic amines is 3. The predicted molar refractivity (Wildman–Crippen MR) is 266 cm³/mol. The first kappa shape index (κ1) is 45.4. The van der Waals surface area contributed by atoms with E-state index in [1.807, 2.05) is 72.8 Å².